The Labute approximate surface area is 246 Å². The quantitative estimate of drug-likeness (QED) is 0.376. The van der Waals surface area contributed by atoms with Gasteiger partial charge in [0.25, 0.3) is 0 Å². The van der Waals surface area contributed by atoms with Gasteiger partial charge in [0.05, 0.1) is 29.5 Å². The van der Waals surface area contributed by atoms with Crippen molar-refractivity contribution in [1.82, 2.24) is 4.90 Å². The van der Waals surface area contributed by atoms with E-state index in [-0.39, 0.29) is 23.6 Å². The summed E-state index contributed by atoms with van der Waals surface area (Å²) in [6, 6.07) is 17.1. The number of rotatable bonds is 4. The molecule has 0 bridgehead atoms. The Morgan fingerprint density at radius 1 is 0.927 bits per heavy atom. The number of hydrogen-bond donors (Lipinski definition) is 1. The van der Waals surface area contributed by atoms with Crippen molar-refractivity contribution in [3.63, 3.8) is 0 Å². The lowest BCUT2D eigenvalue weighted by Gasteiger charge is -2.23. The molecule has 0 unspecified atom stereocenters. The van der Waals surface area contributed by atoms with E-state index in [4.69, 9.17) is 21.1 Å². The van der Waals surface area contributed by atoms with Crippen molar-refractivity contribution in [2.24, 2.45) is 0 Å². The topological polar surface area (TPSA) is 102 Å². The lowest BCUT2D eigenvalue weighted by Crippen LogP contribution is -2.39. The van der Waals surface area contributed by atoms with Gasteiger partial charge in [0, 0.05) is 18.0 Å². The van der Waals surface area contributed by atoms with Crippen LogP contribution < -0.4 is 14.8 Å². The van der Waals surface area contributed by atoms with Crippen molar-refractivity contribution in [1.29, 1.82) is 0 Å². The fourth-order valence-electron chi connectivity index (χ4n) is 4.46. The van der Waals surface area contributed by atoms with Crippen LogP contribution in [0.2, 0.25) is 5.02 Å². The first-order valence-electron chi connectivity index (χ1n) is 13.7. The molecule has 10 heteroatoms. The number of carbonyl (C=O) groups is 2. The summed E-state index contributed by atoms with van der Waals surface area (Å²) in [4.78, 5) is 28.0. The number of halogens is 1. The number of nitrogens with one attached hydrogen (secondary N) is 1. The molecule has 1 N–H and O–H groups in total. The normalized spacial score (nSPS) is 15.1. The minimum atomic E-state index is -3.67. The van der Waals surface area contributed by atoms with Crippen LogP contribution in [0, 0.1) is 13.8 Å². The fourth-order valence-corrected chi connectivity index (χ4v) is 5.94. The highest BCUT2D eigenvalue weighted by atomic mass is 35.5. The number of benzene rings is 3. The molecule has 1 aliphatic heterocycles. The second-order valence-corrected chi connectivity index (χ2v) is 12.7. The molecule has 0 saturated carbocycles. The Morgan fingerprint density at radius 3 is 2.46 bits per heavy atom. The Kier molecular flexibility index (Phi) is 10.3. The maximum atomic E-state index is 13.2. The van der Waals surface area contributed by atoms with Gasteiger partial charge in [-0.25, -0.2) is 8.42 Å². The lowest BCUT2D eigenvalue weighted by atomic mass is 10.1. The monoisotopic (exact) mass is 598 g/mol. The Bertz CT molecular complexity index is 1510. The molecule has 41 heavy (non-hydrogen) atoms. The molecule has 0 atom stereocenters. The Balaban J connectivity index is 1.51. The van der Waals surface area contributed by atoms with Gasteiger partial charge < -0.3 is 19.7 Å². The molecule has 3 aromatic carbocycles. The van der Waals surface area contributed by atoms with E-state index in [1.165, 1.54) is 4.90 Å². The van der Waals surface area contributed by atoms with Crippen molar-refractivity contribution < 1.29 is 27.5 Å². The molecule has 0 aromatic heterocycles. The zero-order valence-corrected chi connectivity index (χ0v) is 24.9. The van der Waals surface area contributed by atoms with Gasteiger partial charge in [-0.05, 0) is 80.3 Å². The van der Waals surface area contributed by atoms with Gasteiger partial charge in [0.2, 0.25) is 11.8 Å². The number of carbonyl (C=O) groups excluding carboxylic acids is 2. The third kappa shape index (κ3) is 8.47. The summed E-state index contributed by atoms with van der Waals surface area (Å²) in [5.74, 6) is 0.282. The average Bonchev–Trinajstić information content (AvgIpc) is 2.93. The molecule has 1 aliphatic rings. The molecule has 1 heterocycles. The molecule has 0 spiro atoms. The number of anilines is 1. The average molecular weight is 599 g/mol. The summed E-state index contributed by atoms with van der Waals surface area (Å²) >= 11 is 6.22. The van der Waals surface area contributed by atoms with Gasteiger partial charge in [0.15, 0.2) is 27.1 Å². The largest absolute Gasteiger partial charge is 0.490 e. The molecule has 218 valence electrons. The second-order valence-electron chi connectivity index (χ2n) is 10.1. The van der Waals surface area contributed by atoms with Crippen LogP contribution in [0.3, 0.4) is 0 Å². The van der Waals surface area contributed by atoms with Gasteiger partial charge in [-0.3, -0.25) is 9.59 Å². The first-order valence-corrected chi connectivity index (χ1v) is 15.7. The molecular formula is C31H35ClN2O6S. The van der Waals surface area contributed by atoms with E-state index in [1.54, 1.807) is 42.5 Å². The van der Waals surface area contributed by atoms with E-state index in [2.05, 4.69) is 5.32 Å². The minimum absolute atomic E-state index is 0.191. The van der Waals surface area contributed by atoms with Crippen LogP contribution in [0.1, 0.15) is 43.2 Å². The van der Waals surface area contributed by atoms with Gasteiger partial charge in [0.1, 0.15) is 0 Å². The van der Waals surface area contributed by atoms with Crippen molar-refractivity contribution in [3.8, 4) is 17.2 Å². The highest BCUT2D eigenvalue weighted by Crippen LogP contribution is 2.36. The summed E-state index contributed by atoms with van der Waals surface area (Å²) in [5, 5.41) is 3.21. The number of sulfone groups is 1. The SMILES string of the molecule is Cc1ccc(S(=O)(=O)CCC(=O)N2CCCCCCOc3ccccc3Oc3ccc(Cl)cc3NC(=O)C2)cc1C. The minimum Gasteiger partial charge on any atom is -0.490 e. The van der Waals surface area contributed by atoms with E-state index in [0.29, 0.717) is 47.5 Å². The number of aryl methyl sites for hydroxylation is 2. The van der Waals surface area contributed by atoms with Gasteiger partial charge in [-0.2, -0.15) is 0 Å². The van der Waals surface area contributed by atoms with Crippen molar-refractivity contribution in [3.05, 3.63) is 76.8 Å². The fraction of sp³-hybridized carbons (Fsp3) is 0.355. The van der Waals surface area contributed by atoms with E-state index in [0.717, 1.165) is 30.4 Å². The molecule has 0 fully saturated rings. The molecule has 8 nitrogen and oxygen atoms in total. The van der Waals surface area contributed by atoms with Crippen molar-refractivity contribution in [2.45, 2.75) is 50.8 Å². The van der Waals surface area contributed by atoms with Crippen LogP contribution in [0.15, 0.2) is 65.6 Å². The predicted octanol–water partition coefficient (Wildman–Crippen LogP) is 6.33. The molecule has 0 aliphatic carbocycles. The van der Waals surface area contributed by atoms with E-state index >= 15 is 0 Å². The van der Waals surface area contributed by atoms with Crippen LogP contribution in [0.4, 0.5) is 5.69 Å². The van der Waals surface area contributed by atoms with E-state index in [9.17, 15) is 18.0 Å². The third-order valence-electron chi connectivity index (χ3n) is 6.97. The summed E-state index contributed by atoms with van der Waals surface area (Å²) in [5.41, 5.74) is 2.20. The standard InChI is InChI=1S/C31H35ClN2O6S/c1-22-11-13-25(19-23(22)2)41(37,38)18-15-31(36)34-16-7-3-4-8-17-39-28-9-5-6-10-29(28)40-27-14-12-24(32)20-26(27)33-30(35)21-34/h5-6,9-14,19-20H,3-4,7-8,15-18,21H2,1-2H3,(H,33,35). The smallest absolute Gasteiger partial charge is 0.244 e. The third-order valence-corrected chi connectivity index (χ3v) is 8.92. The molecule has 3 aromatic rings. The summed E-state index contributed by atoms with van der Waals surface area (Å²) in [6.45, 7) is 4.37. The van der Waals surface area contributed by atoms with Crippen molar-refractivity contribution in [2.75, 3.05) is 30.8 Å². The first-order chi connectivity index (χ1) is 19.6. The second kappa shape index (κ2) is 13.9. The zero-order valence-electron chi connectivity index (χ0n) is 23.3. The number of ether oxygens (including phenoxy) is 2. The van der Waals surface area contributed by atoms with E-state index in [1.807, 2.05) is 32.0 Å². The highest BCUT2D eigenvalue weighted by Gasteiger charge is 2.23. The van der Waals surface area contributed by atoms with Crippen LogP contribution in [0.25, 0.3) is 0 Å². The van der Waals surface area contributed by atoms with Gasteiger partial charge in [-0.15, -0.1) is 0 Å². The molecule has 2 amide bonds. The zero-order chi connectivity index (χ0) is 29.4. The first kappa shape index (κ1) is 30.4. The summed E-state index contributed by atoms with van der Waals surface area (Å²) in [6.07, 6.45) is 2.96. The molecule has 0 saturated heterocycles. The van der Waals surface area contributed by atoms with Crippen molar-refractivity contribution >= 4 is 38.9 Å². The maximum absolute atomic E-state index is 13.2. The van der Waals surface area contributed by atoms with Crippen LogP contribution in [0.5, 0.6) is 17.2 Å². The Morgan fingerprint density at radius 2 is 1.68 bits per heavy atom. The lowest BCUT2D eigenvalue weighted by molar-refractivity contribution is -0.134. The molecule has 0 radical (unpaired) electrons. The number of para-hydroxylation sites is 2. The van der Waals surface area contributed by atoms with Crippen LogP contribution >= 0.6 is 11.6 Å². The number of hydrogen-bond acceptors (Lipinski definition) is 6. The van der Waals surface area contributed by atoms with Gasteiger partial charge >= 0.3 is 0 Å². The maximum Gasteiger partial charge on any atom is 0.244 e. The number of fused-ring (bicyclic) bond motifs is 2. The summed E-state index contributed by atoms with van der Waals surface area (Å²) in [7, 11) is -3.67. The van der Waals surface area contributed by atoms with E-state index < -0.39 is 21.7 Å². The number of amides is 2. The van der Waals surface area contributed by atoms with Crippen LogP contribution in [-0.2, 0) is 19.4 Å². The highest BCUT2D eigenvalue weighted by molar-refractivity contribution is 7.91. The molecular weight excluding hydrogens is 564 g/mol. The van der Waals surface area contributed by atoms with Crippen LogP contribution in [-0.4, -0.2) is 50.6 Å². The molecule has 4 rings (SSSR count). The van der Waals surface area contributed by atoms with Gasteiger partial charge in [-0.1, -0.05) is 42.6 Å². The summed E-state index contributed by atoms with van der Waals surface area (Å²) < 4.78 is 38.0. The predicted molar refractivity (Wildman–Crippen MR) is 160 cm³/mol. The Hall–Kier alpha value is -3.56. The number of nitrogens with zero attached hydrogens (tertiary/aromatic N) is 1.